The van der Waals surface area contributed by atoms with Gasteiger partial charge in [0, 0.05) is 36.5 Å². The normalized spacial score (nSPS) is 15.9. The Morgan fingerprint density at radius 3 is 2.33 bits per heavy atom. The van der Waals surface area contributed by atoms with Crippen molar-refractivity contribution in [2.24, 2.45) is 5.92 Å². The Morgan fingerprint density at radius 2 is 1.77 bits per heavy atom. The number of nitrogens with zero attached hydrogens (tertiary/aromatic N) is 2. The monoisotopic (exact) mass is 411 g/mol. The fourth-order valence-corrected chi connectivity index (χ4v) is 3.10. The highest BCUT2D eigenvalue weighted by Gasteiger charge is 2.35. The van der Waals surface area contributed by atoms with Crippen molar-refractivity contribution in [1.29, 1.82) is 0 Å². The molecule has 1 aliphatic heterocycles. The van der Waals surface area contributed by atoms with Crippen LogP contribution in [-0.4, -0.2) is 35.4 Å². The number of carbonyl (C=O) groups excluding carboxylic acids is 3. The summed E-state index contributed by atoms with van der Waals surface area (Å²) in [4.78, 5) is 48.5. The van der Waals surface area contributed by atoms with E-state index in [4.69, 9.17) is 4.74 Å². The average Bonchev–Trinajstić information content (AvgIpc) is 3.10. The van der Waals surface area contributed by atoms with Gasteiger partial charge in [0.2, 0.25) is 11.8 Å². The van der Waals surface area contributed by atoms with Gasteiger partial charge in [-0.15, -0.1) is 0 Å². The number of benzene rings is 2. The minimum Gasteiger partial charge on any atom is -0.459 e. The van der Waals surface area contributed by atoms with Gasteiger partial charge >= 0.3 is 5.97 Å². The fourth-order valence-electron chi connectivity index (χ4n) is 3.10. The van der Waals surface area contributed by atoms with E-state index < -0.39 is 16.8 Å². The highest BCUT2D eigenvalue weighted by molar-refractivity contribution is 6.03. The molecular formula is C21H21N3O6. The Morgan fingerprint density at radius 1 is 1.13 bits per heavy atom. The predicted octanol–water partition coefficient (Wildman–Crippen LogP) is 3.15. The molecular weight excluding hydrogens is 390 g/mol. The molecule has 0 unspecified atom stereocenters. The van der Waals surface area contributed by atoms with Gasteiger partial charge in [-0.05, 0) is 50.2 Å². The van der Waals surface area contributed by atoms with Gasteiger partial charge < -0.3 is 15.0 Å². The van der Waals surface area contributed by atoms with Crippen molar-refractivity contribution in [3.8, 4) is 0 Å². The van der Waals surface area contributed by atoms with Gasteiger partial charge in [-0.2, -0.15) is 0 Å². The lowest BCUT2D eigenvalue weighted by molar-refractivity contribution is -0.384. The number of non-ortho nitro benzene ring substituents is 1. The molecule has 1 heterocycles. The second-order valence-electron chi connectivity index (χ2n) is 7.20. The zero-order chi connectivity index (χ0) is 21.8. The number of rotatable bonds is 6. The van der Waals surface area contributed by atoms with E-state index in [0.717, 1.165) is 0 Å². The van der Waals surface area contributed by atoms with E-state index in [1.54, 1.807) is 38.1 Å². The van der Waals surface area contributed by atoms with Crippen LogP contribution in [0.4, 0.5) is 17.1 Å². The molecule has 9 heteroatoms. The second-order valence-corrected chi connectivity index (χ2v) is 7.20. The van der Waals surface area contributed by atoms with E-state index in [1.807, 2.05) is 0 Å². The molecule has 9 nitrogen and oxygen atoms in total. The summed E-state index contributed by atoms with van der Waals surface area (Å²) >= 11 is 0. The molecule has 2 amide bonds. The predicted molar refractivity (Wildman–Crippen MR) is 109 cm³/mol. The average molecular weight is 411 g/mol. The van der Waals surface area contributed by atoms with Crippen LogP contribution in [0, 0.1) is 16.0 Å². The van der Waals surface area contributed by atoms with Crippen LogP contribution >= 0.6 is 0 Å². The van der Waals surface area contributed by atoms with E-state index in [-0.39, 0.29) is 36.6 Å². The fraction of sp³-hybridized carbons (Fsp3) is 0.286. The van der Waals surface area contributed by atoms with Gasteiger partial charge in [-0.3, -0.25) is 19.7 Å². The summed E-state index contributed by atoms with van der Waals surface area (Å²) in [5.74, 6) is -1.54. The van der Waals surface area contributed by atoms with E-state index in [2.05, 4.69) is 5.32 Å². The number of amides is 2. The minimum absolute atomic E-state index is 0.0433. The number of hydrogen-bond acceptors (Lipinski definition) is 6. The Bertz CT molecular complexity index is 969. The molecule has 30 heavy (non-hydrogen) atoms. The minimum atomic E-state index is -0.557. The van der Waals surface area contributed by atoms with Gasteiger partial charge in [0.15, 0.2) is 0 Å². The third-order valence-corrected chi connectivity index (χ3v) is 4.60. The maximum atomic E-state index is 12.6. The topological polar surface area (TPSA) is 119 Å². The first-order chi connectivity index (χ1) is 14.2. The number of carbonyl (C=O) groups is 3. The molecule has 0 radical (unpaired) electrons. The van der Waals surface area contributed by atoms with Crippen molar-refractivity contribution in [3.63, 3.8) is 0 Å². The highest BCUT2D eigenvalue weighted by atomic mass is 16.6. The van der Waals surface area contributed by atoms with Crippen LogP contribution in [0.1, 0.15) is 30.6 Å². The number of nitrogens with one attached hydrogen (secondary N) is 1. The molecule has 0 aromatic heterocycles. The van der Waals surface area contributed by atoms with Crippen molar-refractivity contribution in [1.82, 2.24) is 0 Å². The van der Waals surface area contributed by atoms with Crippen molar-refractivity contribution in [3.05, 3.63) is 64.2 Å². The smallest absolute Gasteiger partial charge is 0.338 e. The molecule has 0 spiro atoms. The molecule has 0 saturated carbocycles. The third kappa shape index (κ3) is 4.80. The number of hydrogen-bond donors (Lipinski definition) is 1. The summed E-state index contributed by atoms with van der Waals surface area (Å²) in [6.45, 7) is 3.70. The molecule has 2 aromatic rings. The number of anilines is 2. The first-order valence-electron chi connectivity index (χ1n) is 9.41. The summed E-state index contributed by atoms with van der Waals surface area (Å²) in [6.07, 6.45) is -0.183. The Balaban J connectivity index is 1.62. The van der Waals surface area contributed by atoms with E-state index in [9.17, 15) is 24.5 Å². The highest BCUT2D eigenvalue weighted by Crippen LogP contribution is 2.27. The number of nitro benzene ring substituents is 1. The van der Waals surface area contributed by atoms with E-state index >= 15 is 0 Å². The summed E-state index contributed by atoms with van der Waals surface area (Å²) in [5.41, 5.74) is 1.32. The molecule has 2 aromatic carbocycles. The van der Waals surface area contributed by atoms with Crippen LogP contribution in [0.25, 0.3) is 0 Å². The molecule has 1 atom stereocenters. The number of esters is 1. The molecule has 156 valence electrons. The maximum Gasteiger partial charge on any atom is 0.338 e. The second kappa shape index (κ2) is 8.73. The number of ether oxygens (including phenoxy) is 1. The lowest BCUT2D eigenvalue weighted by Gasteiger charge is -2.16. The van der Waals surface area contributed by atoms with Crippen LogP contribution < -0.4 is 10.2 Å². The van der Waals surface area contributed by atoms with Gasteiger partial charge in [-0.25, -0.2) is 4.79 Å². The molecule has 1 saturated heterocycles. The van der Waals surface area contributed by atoms with Crippen molar-refractivity contribution >= 4 is 34.8 Å². The molecule has 1 N–H and O–H groups in total. The van der Waals surface area contributed by atoms with Crippen LogP contribution in [0.15, 0.2) is 48.5 Å². The SMILES string of the molecule is CC(C)OC(=O)c1ccc(NC(=O)[C@@H]2CC(=O)N(c3ccc([N+](=O)[O-])cc3)C2)cc1. The Kier molecular flexibility index (Phi) is 6.10. The number of nitro groups is 1. The summed E-state index contributed by atoms with van der Waals surface area (Å²) in [5, 5.41) is 13.5. The molecule has 3 rings (SSSR count). The van der Waals surface area contributed by atoms with Crippen molar-refractivity contribution < 1.29 is 24.0 Å². The van der Waals surface area contributed by atoms with E-state index in [0.29, 0.717) is 16.9 Å². The molecule has 1 fully saturated rings. The Hall–Kier alpha value is -3.75. The first-order valence-corrected chi connectivity index (χ1v) is 9.41. The van der Waals surface area contributed by atoms with Crippen LogP contribution in [0.5, 0.6) is 0 Å². The van der Waals surface area contributed by atoms with Crippen LogP contribution in [0.3, 0.4) is 0 Å². The summed E-state index contributed by atoms with van der Waals surface area (Å²) in [7, 11) is 0. The van der Waals surface area contributed by atoms with Gasteiger partial charge in [0.25, 0.3) is 5.69 Å². The van der Waals surface area contributed by atoms with Crippen LogP contribution in [-0.2, 0) is 14.3 Å². The van der Waals surface area contributed by atoms with Crippen LogP contribution in [0.2, 0.25) is 0 Å². The lowest BCUT2D eigenvalue weighted by Crippen LogP contribution is -2.28. The first kappa shape index (κ1) is 21.0. The van der Waals surface area contributed by atoms with Gasteiger partial charge in [-0.1, -0.05) is 0 Å². The maximum absolute atomic E-state index is 12.6. The van der Waals surface area contributed by atoms with Gasteiger partial charge in [0.1, 0.15) is 0 Å². The van der Waals surface area contributed by atoms with E-state index in [1.165, 1.54) is 29.2 Å². The van der Waals surface area contributed by atoms with Crippen molar-refractivity contribution in [2.75, 3.05) is 16.8 Å². The standard InChI is InChI=1S/C21H21N3O6/c1-13(2)30-21(27)14-3-5-16(6-4-14)22-20(26)15-11-19(25)23(12-15)17-7-9-18(10-8-17)24(28)29/h3-10,13,15H,11-12H2,1-2H3,(H,22,26)/t15-/m1/s1. The van der Waals surface area contributed by atoms with Crippen molar-refractivity contribution in [2.45, 2.75) is 26.4 Å². The molecule has 0 aliphatic carbocycles. The van der Waals surface area contributed by atoms with Gasteiger partial charge in [0.05, 0.1) is 22.5 Å². The largest absolute Gasteiger partial charge is 0.459 e. The zero-order valence-electron chi connectivity index (χ0n) is 16.5. The molecule has 1 aliphatic rings. The quantitative estimate of drug-likeness (QED) is 0.443. The summed E-state index contributed by atoms with van der Waals surface area (Å²) in [6, 6.07) is 11.9. The summed E-state index contributed by atoms with van der Waals surface area (Å²) < 4.78 is 5.12. The Labute approximate surface area is 172 Å². The molecule has 0 bridgehead atoms. The zero-order valence-corrected chi connectivity index (χ0v) is 16.5. The third-order valence-electron chi connectivity index (χ3n) is 4.60. The lowest BCUT2D eigenvalue weighted by atomic mass is 10.1.